The number of anilines is 1. The number of carbonyl (C=O) groups is 1. The molecule has 2 aromatic carbocycles. The van der Waals surface area contributed by atoms with E-state index in [2.05, 4.69) is 4.98 Å². The average molecular weight is 472 g/mol. The lowest BCUT2D eigenvalue weighted by molar-refractivity contribution is -0.143. The van der Waals surface area contributed by atoms with E-state index < -0.39 is 40.8 Å². The normalized spacial score (nSPS) is 11.9. The van der Waals surface area contributed by atoms with Gasteiger partial charge in [0, 0.05) is 29.9 Å². The summed E-state index contributed by atoms with van der Waals surface area (Å²) in [5, 5.41) is 0. The largest absolute Gasteiger partial charge is 0.497 e. The Balaban J connectivity index is 2.12. The van der Waals surface area contributed by atoms with Crippen LogP contribution in [0.15, 0.2) is 54.9 Å². The highest BCUT2D eigenvalue weighted by Gasteiger charge is 2.38. The van der Waals surface area contributed by atoms with Crippen molar-refractivity contribution in [3.05, 3.63) is 77.4 Å². The number of amides is 1. The van der Waals surface area contributed by atoms with Crippen molar-refractivity contribution in [1.29, 1.82) is 0 Å². The summed E-state index contributed by atoms with van der Waals surface area (Å²) in [6, 6.07) is 5.74. The van der Waals surface area contributed by atoms with E-state index in [-0.39, 0.29) is 28.6 Å². The van der Waals surface area contributed by atoms with Crippen LogP contribution in [0.2, 0.25) is 0 Å². The fourth-order valence-electron chi connectivity index (χ4n) is 3.10. The molecule has 0 atom stereocenters. The maximum Gasteiger partial charge on any atom is 0.416 e. The molecule has 0 aliphatic heterocycles. The second kappa shape index (κ2) is 8.72. The van der Waals surface area contributed by atoms with Gasteiger partial charge in [0.2, 0.25) is 0 Å². The molecule has 174 valence electrons. The molecule has 3 rings (SSSR count). The van der Waals surface area contributed by atoms with E-state index in [1.807, 2.05) is 0 Å². The Bertz CT molecular complexity index is 1160. The number of rotatable bonds is 4. The highest BCUT2D eigenvalue weighted by Crippen LogP contribution is 2.38. The van der Waals surface area contributed by atoms with Crippen LogP contribution in [0.25, 0.3) is 11.1 Å². The van der Waals surface area contributed by atoms with Gasteiger partial charge in [0.1, 0.15) is 11.6 Å². The minimum Gasteiger partial charge on any atom is -0.497 e. The molecule has 0 fully saturated rings. The van der Waals surface area contributed by atoms with Crippen molar-refractivity contribution in [3.8, 4) is 16.9 Å². The van der Waals surface area contributed by atoms with Crippen LogP contribution in [-0.2, 0) is 12.4 Å². The molecule has 0 spiro atoms. The second-order valence-corrected chi connectivity index (χ2v) is 6.90. The molecule has 3 aromatic rings. The quantitative estimate of drug-likeness (QED) is 0.424. The average Bonchev–Trinajstić information content (AvgIpc) is 2.77. The number of halogens is 7. The standard InChI is InChI=1S/C22H15F7N2O2/c1-31(19-11-30-6-5-16(19)17-10-15(33-2)3-4-18(17)23)20(32)12-7-13(21(24,25)26)9-14(8-12)22(27,28)29/h3-11H,1-2H3. The van der Waals surface area contributed by atoms with E-state index in [1.54, 1.807) is 0 Å². The summed E-state index contributed by atoms with van der Waals surface area (Å²) in [4.78, 5) is 17.6. The van der Waals surface area contributed by atoms with Crippen LogP contribution in [0.5, 0.6) is 5.75 Å². The number of pyridine rings is 1. The molecule has 1 aromatic heterocycles. The molecule has 0 radical (unpaired) electrons. The van der Waals surface area contributed by atoms with Crippen LogP contribution >= 0.6 is 0 Å². The van der Waals surface area contributed by atoms with Gasteiger partial charge in [-0.1, -0.05) is 0 Å². The third kappa shape index (κ3) is 5.07. The molecule has 1 heterocycles. The summed E-state index contributed by atoms with van der Waals surface area (Å²) in [6.07, 6.45) is -7.79. The number of methoxy groups -OCH3 is 1. The SMILES string of the molecule is COc1ccc(F)c(-c2ccncc2N(C)C(=O)c2cc(C(F)(F)F)cc(C(F)(F)F)c2)c1. The summed E-state index contributed by atoms with van der Waals surface area (Å²) in [7, 11) is 2.49. The summed E-state index contributed by atoms with van der Waals surface area (Å²) >= 11 is 0. The number of benzene rings is 2. The minimum absolute atomic E-state index is 0.00794. The molecule has 0 saturated carbocycles. The third-order valence-electron chi connectivity index (χ3n) is 4.76. The lowest BCUT2D eigenvalue weighted by Gasteiger charge is -2.22. The van der Waals surface area contributed by atoms with Gasteiger partial charge in [-0.05, 0) is 42.5 Å². The first kappa shape index (κ1) is 24.0. The van der Waals surface area contributed by atoms with Crippen LogP contribution in [0, 0.1) is 5.82 Å². The zero-order chi connectivity index (χ0) is 24.6. The summed E-state index contributed by atoms with van der Waals surface area (Å²) in [5.74, 6) is -1.58. The molecule has 0 bridgehead atoms. The first-order valence-electron chi connectivity index (χ1n) is 9.18. The highest BCUT2D eigenvalue weighted by atomic mass is 19.4. The van der Waals surface area contributed by atoms with Gasteiger partial charge in [-0.15, -0.1) is 0 Å². The number of nitrogens with zero attached hydrogens (tertiary/aromatic N) is 2. The first-order valence-corrected chi connectivity index (χ1v) is 9.18. The molecule has 4 nitrogen and oxygen atoms in total. The van der Waals surface area contributed by atoms with E-state index in [0.717, 1.165) is 24.2 Å². The maximum atomic E-state index is 14.5. The second-order valence-electron chi connectivity index (χ2n) is 6.90. The Hall–Kier alpha value is -3.63. The minimum atomic E-state index is -5.11. The molecule has 0 saturated heterocycles. The fourth-order valence-corrected chi connectivity index (χ4v) is 3.10. The summed E-state index contributed by atoms with van der Waals surface area (Å²) < 4.78 is 98.6. The van der Waals surface area contributed by atoms with Crippen molar-refractivity contribution in [2.24, 2.45) is 0 Å². The Morgan fingerprint density at radius 1 is 0.909 bits per heavy atom. The van der Waals surface area contributed by atoms with Crippen molar-refractivity contribution >= 4 is 11.6 Å². The van der Waals surface area contributed by atoms with Crippen molar-refractivity contribution in [2.75, 3.05) is 19.1 Å². The molecule has 1 amide bonds. The van der Waals surface area contributed by atoms with E-state index in [9.17, 15) is 35.5 Å². The fraction of sp³-hybridized carbons (Fsp3) is 0.182. The van der Waals surface area contributed by atoms with Crippen molar-refractivity contribution in [2.45, 2.75) is 12.4 Å². The van der Waals surface area contributed by atoms with Crippen LogP contribution in [-0.4, -0.2) is 25.0 Å². The lowest BCUT2D eigenvalue weighted by atomic mass is 10.0. The molecule has 0 aliphatic rings. The number of alkyl halides is 6. The van der Waals surface area contributed by atoms with Crippen LogP contribution in [0.4, 0.5) is 36.4 Å². The monoisotopic (exact) mass is 472 g/mol. The number of hydrogen-bond donors (Lipinski definition) is 0. The Kier molecular flexibility index (Phi) is 6.35. The predicted octanol–water partition coefficient (Wildman–Crippen LogP) is 6.21. The van der Waals surface area contributed by atoms with E-state index in [0.29, 0.717) is 12.1 Å². The van der Waals surface area contributed by atoms with Gasteiger partial charge < -0.3 is 9.64 Å². The van der Waals surface area contributed by atoms with Crippen LogP contribution in [0.1, 0.15) is 21.5 Å². The maximum absolute atomic E-state index is 14.5. The number of carbonyl (C=O) groups excluding carboxylic acids is 1. The van der Waals surface area contributed by atoms with Crippen LogP contribution in [0.3, 0.4) is 0 Å². The Labute approximate surface area is 183 Å². The molecule has 0 N–H and O–H groups in total. The van der Waals surface area contributed by atoms with Gasteiger partial charge in [-0.25, -0.2) is 4.39 Å². The predicted molar refractivity (Wildman–Crippen MR) is 105 cm³/mol. The number of hydrogen-bond acceptors (Lipinski definition) is 3. The molecular weight excluding hydrogens is 457 g/mol. The summed E-state index contributed by atoms with van der Waals surface area (Å²) in [6.45, 7) is 0. The molecule has 33 heavy (non-hydrogen) atoms. The van der Waals surface area contributed by atoms with Crippen molar-refractivity contribution in [1.82, 2.24) is 4.98 Å². The molecule has 0 aliphatic carbocycles. The van der Waals surface area contributed by atoms with Crippen molar-refractivity contribution in [3.63, 3.8) is 0 Å². The lowest BCUT2D eigenvalue weighted by Crippen LogP contribution is -2.28. The van der Waals surface area contributed by atoms with E-state index in [4.69, 9.17) is 4.74 Å². The Morgan fingerprint density at radius 2 is 1.52 bits per heavy atom. The van der Waals surface area contributed by atoms with E-state index in [1.165, 1.54) is 31.5 Å². The van der Waals surface area contributed by atoms with E-state index >= 15 is 0 Å². The van der Waals surface area contributed by atoms with Gasteiger partial charge in [0.25, 0.3) is 5.91 Å². The van der Waals surface area contributed by atoms with Gasteiger partial charge in [-0.2, -0.15) is 26.3 Å². The number of aromatic nitrogens is 1. The zero-order valence-corrected chi connectivity index (χ0v) is 17.1. The molecular formula is C22H15F7N2O2. The van der Waals surface area contributed by atoms with Gasteiger partial charge >= 0.3 is 12.4 Å². The zero-order valence-electron chi connectivity index (χ0n) is 17.1. The smallest absolute Gasteiger partial charge is 0.416 e. The van der Waals surface area contributed by atoms with Gasteiger partial charge in [0.05, 0.1) is 30.1 Å². The Morgan fingerprint density at radius 3 is 2.06 bits per heavy atom. The summed E-state index contributed by atoms with van der Waals surface area (Å²) in [5.41, 5.74) is -4.02. The van der Waals surface area contributed by atoms with Crippen molar-refractivity contribution < 1.29 is 40.3 Å². The third-order valence-corrected chi connectivity index (χ3v) is 4.76. The highest BCUT2D eigenvalue weighted by molar-refractivity contribution is 6.08. The molecule has 0 unspecified atom stereocenters. The molecule has 11 heteroatoms. The van der Waals surface area contributed by atoms with Gasteiger partial charge in [0.15, 0.2) is 0 Å². The number of ether oxygens (including phenoxy) is 1. The van der Waals surface area contributed by atoms with Gasteiger partial charge in [-0.3, -0.25) is 9.78 Å². The topological polar surface area (TPSA) is 42.4 Å². The first-order chi connectivity index (χ1) is 15.3. The van der Waals surface area contributed by atoms with Crippen LogP contribution < -0.4 is 9.64 Å².